The average molecular weight is 206 g/mol. The van der Waals surface area contributed by atoms with E-state index in [1.807, 2.05) is 12.3 Å². The van der Waals surface area contributed by atoms with Crippen LogP contribution in [0.4, 0.5) is 0 Å². The van der Waals surface area contributed by atoms with Crippen LogP contribution < -0.4 is 5.32 Å². The Morgan fingerprint density at radius 1 is 1.40 bits per heavy atom. The molecule has 0 aromatic carbocycles. The van der Waals surface area contributed by atoms with Gasteiger partial charge in [-0.05, 0) is 30.9 Å². The minimum Gasteiger partial charge on any atom is -0.308 e. The van der Waals surface area contributed by atoms with E-state index < -0.39 is 0 Å². The van der Waals surface area contributed by atoms with Gasteiger partial charge in [-0.2, -0.15) is 0 Å². The Morgan fingerprint density at radius 3 is 2.67 bits per heavy atom. The van der Waals surface area contributed by atoms with E-state index in [0.717, 1.165) is 12.2 Å². The van der Waals surface area contributed by atoms with E-state index in [9.17, 15) is 0 Å². The molecule has 1 aromatic rings. The molecule has 0 fully saturated rings. The summed E-state index contributed by atoms with van der Waals surface area (Å²) in [6.45, 7) is 9.73. The monoisotopic (exact) mass is 206 g/mol. The second-order valence-electron chi connectivity index (χ2n) is 4.41. The number of rotatable bonds is 5. The topological polar surface area (TPSA) is 24.9 Å². The SMILES string of the molecule is CCC(NCc1ncccc1C)C(C)C. The van der Waals surface area contributed by atoms with E-state index in [-0.39, 0.29) is 0 Å². The maximum absolute atomic E-state index is 4.38. The van der Waals surface area contributed by atoms with Crippen LogP contribution in [-0.2, 0) is 6.54 Å². The van der Waals surface area contributed by atoms with Crippen molar-refractivity contribution in [2.45, 2.75) is 46.7 Å². The van der Waals surface area contributed by atoms with Gasteiger partial charge in [-0.1, -0.05) is 26.8 Å². The highest BCUT2D eigenvalue weighted by Crippen LogP contribution is 2.08. The Bertz CT molecular complexity index is 294. The summed E-state index contributed by atoms with van der Waals surface area (Å²) >= 11 is 0. The van der Waals surface area contributed by atoms with Gasteiger partial charge >= 0.3 is 0 Å². The third-order valence-corrected chi connectivity index (χ3v) is 2.89. The lowest BCUT2D eigenvalue weighted by atomic mass is 10.0. The summed E-state index contributed by atoms with van der Waals surface area (Å²) in [6.07, 6.45) is 3.03. The summed E-state index contributed by atoms with van der Waals surface area (Å²) in [5.41, 5.74) is 2.43. The van der Waals surface area contributed by atoms with Crippen molar-refractivity contribution in [1.82, 2.24) is 10.3 Å². The molecule has 1 rings (SSSR count). The number of hydrogen-bond donors (Lipinski definition) is 1. The van der Waals surface area contributed by atoms with Crippen LogP contribution in [0.15, 0.2) is 18.3 Å². The standard InChI is InChI=1S/C13H22N2/c1-5-12(10(2)3)15-9-13-11(4)7-6-8-14-13/h6-8,10,12,15H,5,9H2,1-4H3. The number of pyridine rings is 1. The first kappa shape index (κ1) is 12.2. The minimum atomic E-state index is 0.589. The van der Waals surface area contributed by atoms with Crippen molar-refractivity contribution in [2.75, 3.05) is 0 Å². The highest BCUT2D eigenvalue weighted by atomic mass is 14.9. The molecule has 1 N–H and O–H groups in total. The fourth-order valence-corrected chi connectivity index (χ4v) is 1.78. The number of nitrogens with one attached hydrogen (secondary N) is 1. The first-order valence-electron chi connectivity index (χ1n) is 5.79. The second kappa shape index (κ2) is 5.86. The Labute approximate surface area is 93.1 Å². The molecule has 0 aliphatic heterocycles. The van der Waals surface area contributed by atoms with Gasteiger partial charge in [0.05, 0.1) is 5.69 Å². The van der Waals surface area contributed by atoms with Gasteiger partial charge < -0.3 is 5.32 Å². The van der Waals surface area contributed by atoms with Gasteiger partial charge in [0.25, 0.3) is 0 Å². The summed E-state index contributed by atoms with van der Waals surface area (Å²) in [4.78, 5) is 4.38. The Kier molecular flexibility index (Phi) is 4.76. The van der Waals surface area contributed by atoms with Crippen LogP contribution in [0.5, 0.6) is 0 Å². The van der Waals surface area contributed by atoms with Gasteiger partial charge in [0.15, 0.2) is 0 Å². The number of aromatic nitrogens is 1. The largest absolute Gasteiger partial charge is 0.308 e. The minimum absolute atomic E-state index is 0.589. The van der Waals surface area contributed by atoms with Crippen molar-refractivity contribution < 1.29 is 0 Å². The van der Waals surface area contributed by atoms with Crippen LogP contribution in [0.3, 0.4) is 0 Å². The molecular formula is C13H22N2. The van der Waals surface area contributed by atoms with Crippen LogP contribution in [0.2, 0.25) is 0 Å². The Hall–Kier alpha value is -0.890. The molecule has 0 bridgehead atoms. The second-order valence-corrected chi connectivity index (χ2v) is 4.41. The normalized spacial score (nSPS) is 13.1. The predicted molar refractivity (Wildman–Crippen MR) is 64.7 cm³/mol. The predicted octanol–water partition coefficient (Wildman–Crippen LogP) is 2.91. The van der Waals surface area contributed by atoms with Crippen LogP contribution in [0.25, 0.3) is 0 Å². The van der Waals surface area contributed by atoms with Gasteiger partial charge in [0.1, 0.15) is 0 Å². The van der Waals surface area contributed by atoms with Crippen molar-refractivity contribution in [3.05, 3.63) is 29.6 Å². The summed E-state index contributed by atoms with van der Waals surface area (Å²) in [6, 6.07) is 4.69. The molecular weight excluding hydrogens is 184 g/mol. The molecule has 1 unspecified atom stereocenters. The van der Waals surface area contributed by atoms with E-state index in [2.05, 4.69) is 44.1 Å². The summed E-state index contributed by atoms with van der Waals surface area (Å²) in [7, 11) is 0. The highest BCUT2D eigenvalue weighted by molar-refractivity contribution is 5.17. The number of aryl methyl sites for hydroxylation is 1. The van der Waals surface area contributed by atoms with Crippen molar-refractivity contribution in [3.8, 4) is 0 Å². The Morgan fingerprint density at radius 2 is 2.13 bits per heavy atom. The zero-order valence-corrected chi connectivity index (χ0v) is 10.2. The zero-order valence-electron chi connectivity index (χ0n) is 10.2. The fraction of sp³-hybridized carbons (Fsp3) is 0.615. The third-order valence-electron chi connectivity index (χ3n) is 2.89. The van der Waals surface area contributed by atoms with Crippen molar-refractivity contribution >= 4 is 0 Å². The molecule has 0 spiro atoms. The highest BCUT2D eigenvalue weighted by Gasteiger charge is 2.10. The molecule has 0 saturated heterocycles. The molecule has 84 valence electrons. The summed E-state index contributed by atoms with van der Waals surface area (Å²) in [5.74, 6) is 0.680. The fourth-order valence-electron chi connectivity index (χ4n) is 1.78. The van der Waals surface area contributed by atoms with E-state index in [1.54, 1.807) is 0 Å². The van der Waals surface area contributed by atoms with Crippen LogP contribution >= 0.6 is 0 Å². The van der Waals surface area contributed by atoms with Gasteiger partial charge in [0, 0.05) is 18.8 Å². The van der Waals surface area contributed by atoms with E-state index in [1.165, 1.54) is 12.0 Å². The van der Waals surface area contributed by atoms with Crippen LogP contribution in [-0.4, -0.2) is 11.0 Å². The first-order valence-corrected chi connectivity index (χ1v) is 5.79. The zero-order chi connectivity index (χ0) is 11.3. The lowest BCUT2D eigenvalue weighted by Crippen LogP contribution is -2.33. The molecule has 2 heteroatoms. The summed E-state index contributed by atoms with van der Waals surface area (Å²) < 4.78 is 0. The van der Waals surface area contributed by atoms with E-state index in [0.29, 0.717) is 12.0 Å². The molecule has 1 heterocycles. The average Bonchev–Trinajstić information content (AvgIpc) is 2.21. The van der Waals surface area contributed by atoms with Crippen LogP contribution in [0.1, 0.15) is 38.4 Å². The number of nitrogens with zero attached hydrogens (tertiary/aromatic N) is 1. The lowest BCUT2D eigenvalue weighted by Gasteiger charge is -2.20. The maximum Gasteiger partial charge on any atom is 0.0570 e. The summed E-state index contributed by atoms with van der Waals surface area (Å²) in [5, 5.41) is 3.56. The third kappa shape index (κ3) is 3.63. The quantitative estimate of drug-likeness (QED) is 0.801. The Balaban J connectivity index is 2.53. The van der Waals surface area contributed by atoms with Crippen LogP contribution in [0, 0.1) is 12.8 Å². The first-order chi connectivity index (χ1) is 7.15. The van der Waals surface area contributed by atoms with Gasteiger partial charge in [-0.15, -0.1) is 0 Å². The molecule has 2 nitrogen and oxygen atoms in total. The van der Waals surface area contributed by atoms with Crippen molar-refractivity contribution in [2.24, 2.45) is 5.92 Å². The lowest BCUT2D eigenvalue weighted by molar-refractivity contribution is 0.385. The molecule has 0 saturated carbocycles. The van der Waals surface area contributed by atoms with E-state index >= 15 is 0 Å². The van der Waals surface area contributed by atoms with Crippen molar-refractivity contribution in [3.63, 3.8) is 0 Å². The maximum atomic E-state index is 4.38. The molecule has 0 radical (unpaired) electrons. The molecule has 0 amide bonds. The van der Waals surface area contributed by atoms with Crippen molar-refractivity contribution in [1.29, 1.82) is 0 Å². The van der Waals surface area contributed by atoms with Gasteiger partial charge in [0.2, 0.25) is 0 Å². The number of hydrogen-bond acceptors (Lipinski definition) is 2. The van der Waals surface area contributed by atoms with E-state index in [4.69, 9.17) is 0 Å². The smallest absolute Gasteiger partial charge is 0.0570 e. The molecule has 15 heavy (non-hydrogen) atoms. The molecule has 0 aliphatic carbocycles. The van der Waals surface area contributed by atoms with Gasteiger partial charge in [-0.3, -0.25) is 4.98 Å². The molecule has 0 aliphatic rings. The van der Waals surface area contributed by atoms with Gasteiger partial charge in [-0.25, -0.2) is 0 Å². The molecule has 1 aromatic heterocycles. The molecule has 1 atom stereocenters.